The van der Waals surface area contributed by atoms with E-state index in [9.17, 15) is 4.79 Å². The number of carbonyl (C=O) groups excluding carboxylic acids is 1. The van der Waals surface area contributed by atoms with Crippen LogP contribution < -0.4 is 25.0 Å². The summed E-state index contributed by atoms with van der Waals surface area (Å²) < 4.78 is 12.6. The number of methoxy groups -OCH3 is 2. The lowest BCUT2D eigenvalue weighted by Gasteiger charge is -2.42. The van der Waals surface area contributed by atoms with Crippen LogP contribution in [0.1, 0.15) is 28.8 Å². The lowest BCUT2D eigenvalue weighted by Crippen LogP contribution is -2.52. The Balaban J connectivity index is 1.13. The van der Waals surface area contributed by atoms with Crippen molar-refractivity contribution < 1.29 is 14.3 Å². The molecule has 2 saturated heterocycles. The van der Waals surface area contributed by atoms with E-state index in [0.29, 0.717) is 34.1 Å². The Morgan fingerprint density at radius 2 is 1.70 bits per heavy atom. The van der Waals surface area contributed by atoms with Gasteiger partial charge in [-0.15, -0.1) is 11.3 Å². The van der Waals surface area contributed by atoms with E-state index in [0.717, 1.165) is 51.7 Å². The van der Waals surface area contributed by atoms with Crippen LogP contribution >= 0.6 is 33.9 Å². The van der Waals surface area contributed by atoms with Gasteiger partial charge in [0.2, 0.25) is 0 Å². The van der Waals surface area contributed by atoms with Gasteiger partial charge in [0.1, 0.15) is 17.8 Å². The molecule has 0 bridgehead atoms. The van der Waals surface area contributed by atoms with Gasteiger partial charge in [0.25, 0.3) is 5.91 Å². The molecular formula is C32H38IN7O3S. The van der Waals surface area contributed by atoms with Gasteiger partial charge in [0.05, 0.1) is 39.3 Å². The van der Waals surface area contributed by atoms with Crippen LogP contribution in [0.2, 0.25) is 0 Å². The van der Waals surface area contributed by atoms with Crippen LogP contribution in [0, 0.1) is 10.5 Å². The summed E-state index contributed by atoms with van der Waals surface area (Å²) in [5.74, 6) is 1.69. The standard InChI is InChI=1S/C32H38IN7O3S/c1-20-25(42-3)17-26(43-4)27(33)28(20)37-32(41)24-18-44-30-29(24)34-19-35-31(30)36-21-5-7-22(8-6-21)39-13-15-40(16-14-39)23-9-11-38(2)12-10-23/h5-8,17-19,23H,9-16H2,1-4H3,(H,37,41)(H,34,35,36). The molecule has 0 aliphatic carbocycles. The van der Waals surface area contributed by atoms with Crippen molar-refractivity contribution in [1.29, 1.82) is 0 Å². The highest BCUT2D eigenvalue weighted by molar-refractivity contribution is 14.1. The number of hydrogen-bond donors (Lipinski definition) is 2. The normalized spacial score (nSPS) is 16.7. The average Bonchev–Trinajstić information content (AvgIpc) is 3.49. The number of piperidine rings is 1. The first-order valence-corrected chi connectivity index (χ1v) is 16.8. The highest BCUT2D eigenvalue weighted by Gasteiger charge is 2.27. The van der Waals surface area contributed by atoms with Gasteiger partial charge in [-0.1, -0.05) is 0 Å². The first kappa shape index (κ1) is 30.8. The molecule has 6 rings (SSSR count). The molecule has 44 heavy (non-hydrogen) atoms. The third kappa shape index (κ3) is 6.30. The molecule has 0 atom stereocenters. The number of hydrogen-bond acceptors (Lipinski definition) is 10. The Hall–Kier alpha value is -3.20. The fourth-order valence-corrected chi connectivity index (χ4v) is 7.95. The minimum Gasteiger partial charge on any atom is -0.496 e. The van der Waals surface area contributed by atoms with Crippen LogP contribution in [-0.4, -0.2) is 92.3 Å². The second kappa shape index (κ2) is 13.4. The van der Waals surface area contributed by atoms with Gasteiger partial charge in [-0.25, -0.2) is 9.97 Å². The number of anilines is 4. The zero-order chi connectivity index (χ0) is 30.8. The quantitative estimate of drug-likeness (QED) is 0.218. The van der Waals surface area contributed by atoms with Crippen molar-refractivity contribution in [2.45, 2.75) is 25.8 Å². The van der Waals surface area contributed by atoms with Crippen molar-refractivity contribution in [1.82, 2.24) is 19.8 Å². The Labute approximate surface area is 275 Å². The zero-order valence-corrected chi connectivity index (χ0v) is 28.5. The molecule has 0 saturated carbocycles. The number of rotatable bonds is 8. The van der Waals surface area contributed by atoms with E-state index in [1.165, 1.54) is 49.3 Å². The second-order valence-electron chi connectivity index (χ2n) is 11.3. The lowest BCUT2D eigenvalue weighted by molar-refractivity contribution is 0.102. The molecule has 0 unspecified atom stereocenters. The molecule has 12 heteroatoms. The van der Waals surface area contributed by atoms with Crippen LogP contribution in [0.15, 0.2) is 42.0 Å². The number of fused-ring (bicyclic) bond motifs is 1. The molecule has 1 amide bonds. The predicted molar refractivity (Wildman–Crippen MR) is 186 cm³/mol. The third-order valence-electron chi connectivity index (χ3n) is 8.73. The van der Waals surface area contributed by atoms with Crippen LogP contribution in [0.5, 0.6) is 11.5 Å². The largest absolute Gasteiger partial charge is 0.496 e. The first-order valence-electron chi connectivity index (χ1n) is 14.9. The summed E-state index contributed by atoms with van der Waals surface area (Å²) in [6, 6.07) is 11.1. The number of halogens is 1. The van der Waals surface area contributed by atoms with Gasteiger partial charge in [-0.3, -0.25) is 9.69 Å². The average molecular weight is 728 g/mol. The van der Waals surface area contributed by atoms with Crippen LogP contribution in [-0.2, 0) is 0 Å². The van der Waals surface area contributed by atoms with E-state index in [4.69, 9.17) is 9.47 Å². The second-order valence-corrected chi connectivity index (χ2v) is 13.3. The Kier molecular flexibility index (Phi) is 9.40. The topological polar surface area (TPSA) is 95.1 Å². The van der Waals surface area contributed by atoms with Gasteiger partial charge in [-0.2, -0.15) is 0 Å². The zero-order valence-electron chi connectivity index (χ0n) is 25.5. The molecule has 0 spiro atoms. The maximum atomic E-state index is 13.5. The molecule has 2 aliphatic heterocycles. The molecule has 4 aromatic rings. The van der Waals surface area contributed by atoms with Crippen molar-refractivity contribution in [3.05, 3.63) is 56.7 Å². The molecule has 2 aromatic heterocycles. The molecule has 2 fully saturated rings. The predicted octanol–water partition coefficient (Wildman–Crippen LogP) is 5.83. The number of nitrogens with one attached hydrogen (secondary N) is 2. The summed E-state index contributed by atoms with van der Waals surface area (Å²) in [5, 5.41) is 8.33. The van der Waals surface area contributed by atoms with E-state index in [1.54, 1.807) is 14.2 Å². The number of benzene rings is 2. The highest BCUT2D eigenvalue weighted by atomic mass is 127. The van der Waals surface area contributed by atoms with Crippen molar-refractivity contribution in [3.8, 4) is 11.5 Å². The fourth-order valence-electron chi connectivity index (χ4n) is 6.09. The molecule has 2 aromatic carbocycles. The minimum absolute atomic E-state index is 0.252. The summed E-state index contributed by atoms with van der Waals surface area (Å²) in [5.41, 5.74) is 4.74. The summed E-state index contributed by atoms with van der Waals surface area (Å²) in [7, 11) is 5.42. The van der Waals surface area contributed by atoms with Crippen LogP contribution in [0.25, 0.3) is 10.2 Å². The molecular weight excluding hydrogens is 689 g/mol. The van der Waals surface area contributed by atoms with Crippen molar-refractivity contribution in [2.75, 3.05) is 76.1 Å². The third-order valence-corrected chi connectivity index (χ3v) is 10.8. The number of nitrogens with zero attached hydrogens (tertiary/aromatic N) is 5. The monoisotopic (exact) mass is 727 g/mol. The van der Waals surface area contributed by atoms with Crippen LogP contribution in [0.4, 0.5) is 22.9 Å². The Morgan fingerprint density at radius 1 is 1.00 bits per heavy atom. The number of likely N-dealkylation sites (tertiary alicyclic amines) is 1. The van der Waals surface area contributed by atoms with E-state index in [1.807, 2.05) is 18.4 Å². The maximum absolute atomic E-state index is 13.5. The molecule has 10 nitrogen and oxygen atoms in total. The number of aromatic nitrogens is 2. The fraction of sp³-hybridized carbons (Fsp3) is 0.406. The molecule has 2 N–H and O–H groups in total. The molecule has 2 aliphatic rings. The number of ether oxygens (including phenoxy) is 2. The van der Waals surface area contributed by atoms with Gasteiger partial charge in [0.15, 0.2) is 5.82 Å². The van der Waals surface area contributed by atoms with Crippen molar-refractivity contribution >= 4 is 72.9 Å². The summed E-state index contributed by atoms with van der Waals surface area (Å²) in [4.78, 5) is 30.1. The molecule has 4 heterocycles. The summed E-state index contributed by atoms with van der Waals surface area (Å²) >= 11 is 3.62. The summed E-state index contributed by atoms with van der Waals surface area (Å²) in [6.45, 7) is 8.65. The molecule has 0 radical (unpaired) electrons. The van der Waals surface area contributed by atoms with Crippen molar-refractivity contribution in [2.24, 2.45) is 0 Å². The number of thiophene rings is 1. The van der Waals surface area contributed by atoms with E-state index >= 15 is 0 Å². The highest BCUT2D eigenvalue weighted by Crippen LogP contribution is 2.39. The Morgan fingerprint density at radius 3 is 2.39 bits per heavy atom. The number of carbonyl (C=O) groups is 1. The number of piperazine rings is 1. The minimum atomic E-state index is -0.252. The SMILES string of the molecule is COc1cc(OC)c(I)c(NC(=O)c2csc3c(Nc4ccc(N5CCN(C6CCN(C)CC6)CC5)cc4)ncnc23)c1C. The van der Waals surface area contributed by atoms with E-state index in [-0.39, 0.29) is 5.91 Å². The van der Waals surface area contributed by atoms with Gasteiger partial charge in [-0.05, 0) is 86.8 Å². The Bertz CT molecular complexity index is 1600. The number of amides is 1. The van der Waals surface area contributed by atoms with Gasteiger partial charge in [0, 0.05) is 60.6 Å². The first-order chi connectivity index (χ1) is 21.4. The smallest absolute Gasteiger partial charge is 0.258 e. The van der Waals surface area contributed by atoms with E-state index < -0.39 is 0 Å². The maximum Gasteiger partial charge on any atom is 0.258 e. The summed E-state index contributed by atoms with van der Waals surface area (Å²) in [6.07, 6.45) is 4.05. The molecule has 232 valence electrons. The van der Waals surface area contributed by atoms with E-state index in [2.05, 4.69) is 89.2 Å². The van der Waals surface area contributed by atoms with Gasteiger partial charge < -0.3 is 29.9 Å². The van der Waals surface area contributed by atoms with Crippen molar-refractivity contribution in [3.63, 3.8) is 0 Å². The lowest BCUT2D eigenvalue weighted by atomic mass is 10.0. The van der Waals surface area contributed by atoms with Gasteiger partial charge >= 0.3 is 0 Å². The van der Waals surface area contributed by atoms with Crippen LogP contribution in [0.3, 0.4) is 0 Å².